The molecule has 8 heteroatoms. The van der Waals surface area contributed by atoms with Crippen molar-refractivity contribution in [3.63, 3.8) is 0 Å². The Morgan fingerprint density at radius 2 is 1.90 bits per heavy atom. The van der Waals surface area contributed by atoms with Crippen molar-refractivity contribution in [2.45, 2.75) is 30.8 Å². The molecule has 0 spiro atoms. The maximum atomic E-state index is 12.1. The molecule has 1 atom stereocenters. The molecule has 0 aromatic heterocycles. The number of aliphatic hydroxyl groups is 1. The van der Waals surface area contributed by atoms with Gasteiger partial charge in [0.05, 0.1) is 16.8 Å². The third kappa shape index (κ3) is 6.13. The summed E-state index contributed by atoms with van der Waals surface area (Å²) in [5.41, 5.74) is 0.538. The number of sulfone groups is 1. The molecule has 21 heavy (non-hydrogen) atoms. The van der Waals surface area contributed by atoms with E-state index in [2.05, 4.69) is 4.72 Å². The Bertz CT molecular complexity index is 668. The summed E-state index contributed by atoms with van der Waals surface area (Å²) in [6.07, 6.45) is 1.11. The molecule has 0 aliphatic rings. The van der Waals surface area contributed by atoms with Crippen LogP contribution in [0.15, 0.2) is 29.2 Å². The van der Waals surface area contributed by atoms with Crippen molar-refractivity contribution >= 4 is 19.9 Å². The molecule has 0 heterocycles. The molecule has 1 aromatic carbocycles. The first-order valence-electron chi connectivity index (χ1n) is 6.61. The van der Waals surface area contributed by atoms with Crippen LogP contribution >= 0.6 is 0 Å². The fraction of sp³-hybridized carbons (Fsp3) is 0.538. The van der Waals surface area contributed by atoms with Crippen LogP contribution in [0.3, 0.4) is 0 Å². The van der Waals surface area contributed by atoms with Gasteiger partial charge in [-0.25, -0.2) is 21.6 Å². The number of hydrogen-bond acceptors (Lipinski definition) is 5. The lowest BCUT2D eigenvalue weighted by molar-refractivity contribution is 0.173. The van der Waals surface area contributed by atoms with Crippen molar-refractivity contribution in [2.75, 3.05) is 18.6 Å². The van der Waals surface area contributed by atoms with Crippen molar-refractivity contribution in [3.8, 4) is 0 Å². The van der Waals surface area contributed by atoms with E-state index in [1.807, 2.05) is 0 Å². The monoisotopic (exact) mass is 335 g/mol. The molecule has 1 unspecified atom stereocenters. The smallest absolute Gasteiger partial charge is 0.240 e. The first-order valence-corrected chi connectivity index (χ1v) is 10.2. The van der Waals surface area contributed by atoms with E-state index in [4.69, 9.17) is 0 Å². The average molecular weight is 335 g/mol. The summed E-state index contributed by atoms with van der Waals surface area (Å²) in [6.45, 7) is 1.85. The zero-order chi connectivity index (χ0) is 16.1. The second-order valence-corrected chi connectivity index (χ2v) is 8.90. The fourth-order valence-corrected chi connectivity index (χ4v) is 3.55. The van der Waals surface area contributed by atoms with Crippen LogP contribution in [-0.4, -0.2) is 40.5 Å². The van der Waals surface area contributed by atoms with E-state index in [-0.39, 0.29) is 23.6 Å². The Kier molecular flexibility index (Phi) is 6.33. The summed E-state index contributed by atoms with van der Waals surface area (Å²) in [7, 11) is -6.79. The van der Waals surface area contributed by atoms with Gasteiger partial charge in [-0.2, -0.15) is 0 Å². The zero-order valence-corrected chi connectivity index (χ0v) is 13.7. The van der Waals surface area contributed by atoms with Crippen LogP contribution < -0.4 is 4.72 Å². The summed E-state index contributed by atoms with van der Waals surface area (Å²) in [5.74, 6) is -0.0654. The van der Waals surface area contributed by atoms with E-state index >= 15 is 0 Å². The lowest BCUT2D eigenvalue weighted by atomic mass is 10.1. The molecule has 0 aliphatic carbocycles. The molecule has 1 aromatic rings. The lowest BCUT2D eigenvalue weighted by Crippen LogP contribution is -2.26. The minimum atomic E-state index is -3.70. The fourth-order valence-electron chi connectivity index (χ4n) is 1.75. The average Bonchev–Trinajstić information content (AvgIpc) is 2.42. The van der Waals surface area contributed by atoms with Crippen LogP contribution in [0.1, 0.15) is 31.4 Å². The Morgan fingerprint density at radius 1 is 1.24 bits per heavy atom. The highest BCUT2D eigenvalue weighted by molar-refractivity contribution is 7.90. The predicted molar refractivity (Wildman–Crippen MR) is 81.2 cm³/mol. The van der Waals surface area contributed by atoms with Crippen molar-refractivity contribution in [2.24, 2.45) is 0 Å². The molecular formula is C13H21NO5S2. The third-order valence-corrected chi connectivity index (χ3v) is 5.41. The minimum Gasteiger partial charge on any atom is -0.388 e. The van der Waals surface area contributed by atoms with Crippen LogP contribution in [0.25, 0.3) is 0 Å². The standard InChI is InChI=1S/C13H21NO5S2/c1-3-13(15)11-6-4-7-12(10-11)21(18,19)14-8-5-9-20(2,16)17/h4,6-7,10,13-15H,3,5,8-9H2,1-2H3. The van der Waals surface area contributed by atoms with Gasteiger partial charge in [0.25, 0.3) is 0 Å². The van der Waals surface area contributed by atoms with Gasteiger partial charge in [0, 0.05) is 12.8 Å². The molecule has 0 saturated heterocycles. The van der Waals surface area contributed by atoms with Gasteiger partial charge in [-0.05, 0) is 30.5 Å². The molecular weight excluding hydrogens is 314 g/mol. The number of benzene rings is 1. The summed E-state index contributed by atoms with van der Waals surface area (Å²) >= 11 is 0. The topological polar surface area (TPSA) is 101 Å². The van der Waals surface area contributed by atoms with Gasteiger partial charge in [-0.1, -0.05) is 19.1 Å². The van der Waals surface area contributed by atoms with Crippen LogP contribution in [0.5, 0.6) is 0 Å². The van der Waals surface area contributed by atoms with Crippen molar-refractivity contribution in [3.05, 3.63) is 29.8 Å². The van der Waals surface area contributed by atoms with Gasteiger partial charge in [-0.3, -0.25) is 0 Å². The zero-order valence-electron chi connectivity index (χ0n) is 12.1. The molecule has 0 aliphatic heterocycles. The molecule has 2 N–H and O–H groups in total. The van der Waals surface area contributed by atoms with E-state index in [9.17, 15) is 21.9 Å². The van der Waals surface area contributed by atoms with Gasteiger partial charge >= 0.3 is 0 Å². The molecule has 0 fully saturated rings. The van der Waals surface area contributed by atoms with E-state index in [1.54, 1.807) is 19.1 Å². The Morgan fingerprint density at radius 3 is 2.48 bits per heavy atom. The quantitative estimate of drug-likeness (QED) is 0.686. The van der Waals surface area contributed by atoms with E-state index in [1.165, 1.54) is 12.1 Å². The highest BCUT2D eigenvalue weighted by Gasteiger charge is 2.15. The first-order chi connectivity index (χ1) is 9.65. The van der Waals surface area contributed by atoms with E-state index in [0.717, 1.165) is 6.26 Å². The molecule has 6 nitrogen and oxygen atoms in total. The second kappa shape index (κ2) is 7.35. The highest BCUT2D eigenvalue weighted by atomic mass is 32.2. The molecule has 0 bridgehead atoms. The molecule has 0 radical (unpaired) electrons. The van der Waals surface area contributed by atoms with Crippen LogP contribution in [0.4, 0.5) is 0 Å². The number of rotatable bonds is 8. The van der Waals surface area contributed by atoms with E-state index in [0.29, 0.717) is 12.0 Å². The largest absolute Gasteiger partial charge is 0.388 e. The molecule has 0 saturated carbocycles. The van der Waals surface area contributed by atoms with Crippen molar-refractivity contribution in [1.29, 1.82) is 0 Å². The van der Waals surface area contributed by atoms with Gasteiger partial charge in [0.2, 0.25) is 10.0 Å². The summed E-state index contributed by atoms with van der Waals surface area (Å²) in [4.78, 5) is 0.0619. The van der Waals surface area contributed by atoms with Crippen molar-refractivity contribution < 1.29 is 21.9 Å². The lowest BCUT2D eigenvalue weighted by Gasteiger charge is -2.11. The van der Waals surface area contributed by atoms with Crippen LogP contribution in [0, 0.1) is 0 Å². The van der Waals surface area contributed by atoms with Crippen LogP contribution in [-0.2, 0) is 19.9 Å². The highest BCUT2D eigenvalue weighted by Crippen LogP contribution is 2.19. The summed E-state index contributed by atoms with van der Waals surface area (Å²) < 4.78 is 48.5. The predicted octanol–water partition coefficient (Wildman–Crippen LogP) is 0.843. The van der Waals surface area contributed by atoms with Gasteiger partial charge in [-0.15, -0.1) is 0 Å². The first kappa shape index (κ1) is 18.1. The Labute approximate surface area is 126 Å². The number of aliphatic hydroxyl groups excluding tert-OH is 1. The van der Waals surface area contributed by atoms with Crippen molar-refractivity contribution in [1.82, 2.24) is 4.72 Å². The minimum absolute atomic E-state index is 0.0515. The second-order valence-electron chi connectivity index (χ2n) is 4.88. The summed E-state index contributed by atoms with van der Waals surface area (Å²) in [5, 5.41) is 9.74. The SMILES string of the molecule is CCC(O)c1cccc(S(=O)(=O)NCCCS(C)(=O)=O)c1. The Hall–Kier alpha value is -0.960. The molecule has 1 rings (SSSR count). The van der Waals surface area contributed by atoms with Crippen LogP contribution in [0.2, 0.25) is 0 Å². The molecule has 0 amide bonds. The van der Waals surface area contributed by atoms with E-state index < -0.39 is 26.0 Å². The molecule has 120 valence electrons. The Balaban J connectivity index is 2.74. The van der Waals surface area contributed by atoms with Gasteiger partial charge in [0.15, 0.2) is 0 Å². The van der Waals surface area contributed by atoms with Gasteiger partial charge < -0.3 is 5.11 Å². The normalized spacial score (nSPS) is 14.0. The maximum Gasteiger partial charge on any atom is 0.240 e. The third-order valence-electron chi connectivity index (χ3n) is 2.92. The number of hydrogen-bond donors (Lipinski definition) is 2. The number of sulfonamides is 1. The summed E-state index contributed by atoms with van der Waals surface area (Å²) in [6, 6.07) is 6.09. The number of nitrogens with one attached hydrogen (secondary N) is 1. The van der Waals surface area contributed by atoms with Gasteiger partial charge in [0.1, 0.15) is 9.84 Å². The maximum absolute atomic E-state index is 12.1.